The first-order valence-electron chi connectivity index (χ1n) is 9.35. The van der Waals surface area contributed by atoms with Gasteiger partial charge in [-0.15, -0.1) is 11.2 Å². The van der Waals surface area contributed by atoms with Gasteiger partial charge in [-0.3, -0.25) is 9.97 Å². The van der Waals surface area contributed by atoms with Crippen LogP contribution in [0.3, 0.4) is 0 Å². The van der Waals surface area contributed by atoms with Gasteiger partial charge in [0.05, 0.1) is 5.69 Å². The molecule has 0 amide bonds. The fourth-order valence-electron chi connectivity index (χ4n) is 3.41. The number of benzene rings is 2. The van der Waals surface area contributed by atoms with Crippen LogP contribution >= 0.6 is 0 Å². The maximum absolute atomic E-state index is 4.83. The molecular weight excluding hydrogens is 406 g/mol. The summed E-state index contributed by atoms with van der Waals surface area (Å²) in [5.74, 6) is 0. The van der Waals surface area contributed by atoms with Gasteiger partial charge in [-0.2, -0.15) is 0 Å². The molecule has 2 aromatic carbocycles. The van der Waals surface area contributed by atoms with Gasteiger partial charge in [-0.1, -0.05) is 72.8 Å². The summed E-state index contributed by atoms with van der Waals surface area (Å²) in [4.78, 5) is 14.4. The van der Waals surface area contributed by atoms with Crippen LogP contribution in [-0.4, -0.2) is 9.97 Å². The normalized spacial score (nSPS) is 10.6. The number of hydrogen-bond acceptors (Lipinski definition) is 2. The molecule has 0 saturated carbocycles. The van der Waals surface area contributed by atoms with Crippen molar-refractivity contribution < 1.29 is 17.1 Å². The molecule has 0 fully saturated rings. The van der Waals surface area contributed by atoms with Gasteiger partial charge in [0, 0.05) is 29.1 Å². The Morgan fingerprint density at radius 1 is 0.621 bits per heavy atom. The first-order valence-corrected chi connectivity index (χ1v) is 9.35. The molecule has 29 heavy (non-hydrogen) atoms. The van der Waals surface area contributed by atoms with Crippen molar-refractivity contribution in [1.29, 1.82) is 0 Å². The molecule has 0 radical (unpaired) electrons. The van der Waals surface area contributed by atoms with E-state index in [0.29, 0.717) is 6.42 Å². The van der Waals surface area contributed by atoms with Gasteiger partial charge in [0.15, 0.2) is 0 Å². The second-order valence-electron chi connectivity index (χ2n) is 6.77. The van der Waals surface area contributed by atoms with Crippen molar-refractivity contribution in [2.45, 2.75) is 6.42 Å². The van der Waals surface area contributed by atoms with Crippen LogP contribution in [0.25, 0.3) is 33.5 Å². The second-order valence-corrected chi connectivity index (χ2v) is 6.77. The predicted molar refractivity (Wildman–Crippen MR) is 113 cm³/mol. The van der Waals surface area contributed by atoms with Crippen LogP contribution < -0.4 is 4.98 Å². The molecule has 0 spiro atoms. The Morgan fingerprint density at radius 2 is 1.28 bits per heavy atom. The van der Waals surface area contributed by atoms with Gasteiger partial charge in [0.2, 0.25) is 0 Å². The summed E-state index contributed by atoms with van der Waals surface area (Å²) in [5.41, 5.74) is 6.91. The maximum atomic E-state index is 4.83. The van der Waals surface area contributed by atoms with Crippen molar-refractivity contribution in [2.24, 2.45) is 0 Å². The zero-order valence-corrected chi connectivity index (χ0v) is 16.5. The number of fused-ring (bicyclic) bond motifs is 1. The van der Waals surface area contributed by atoms with Gasteiger partial charge in [-0.25, -0.2) is 0 Å². The fraction of sp³-hybridized carbons (Fsp3) is 0.0400. The SMILES string of the molecule is [Cu+].c1ccc(-c2cccc(Cc3cccc(-c4cc5ccccc5[n-]4)n3)n2)cc1. The predicted octanol–water partition coefficient (Wildman–Crippen LogP) is 5.51. The van der Waals surface area contributed by atoms with Gasteiger partial charge in [0.1, 0.15) is 0 Å². The maximum Gasteiger partial charge on any atom is 1.00 e. The van der Waals surface area contributed by atoms with E-state index in [0.717, 1.165) is 44.9 Å². The molecule has 0 N–H and O–H groups in total. The van der Waals surface area contributed by atoms with Crippen LogP contribution in [0.15, 0.2) is 97.1 Å². The van der Waals surface area contributed by atoms with Gasteiger partial charge in [0.25, 0.3) is 0 Å². The minimum atomic E-state index is 0. The number of nitrogens with zero attached hydrogens (tertiary/aromatic N) is 3. The average molecular weight is 424 g/mol. The molecule has 5 aromatic rings. The van der Waals surface area contributed by atoms with E-state index in [1.807, 2.05) is 60.7 Å². The molecule has 0 atom stereocenters. The third-order valence-electron chi connectivity index (χ3n) is 4.78. The third-order valence-corrected chi connectivity index (χ3v) is 4.78. The molecule has 3 aromatic heterocycles. The molecule has 3 heterocycles. The Hall–Kier alpha value is -3.20. The topological polar surface area (TPSA) is 39.9 Å². The molecular formula is C25H18CuN3. The molecule has 0 aliphatic heterocycles. The molecule has 5 rings (SSSR count). The van der Waals surface area contributed by atoms with Crippen LogP contribution in [0.2, 0.25) is 0 Å². The Kier molecular flexibility index (Phi) is 5.57. The first-order chi connectivity index (χ1) is 13.8. The quantitative estimate of drug-likeness (QED) is 0.358. The number of rotatable bonds is 4. The van der Waals surface area contributed by atoms with E-state index in [1.54, 1.807) is 0 Å². The standard InChI is InChI=1S/C25H18N3.Cu/c1-2-8-18(9-3-1)22-14-6-11-20(26-22)17-21-12-7-15-24(27-21)25-16-19-10-4-5-13-23(19)28-25;/h1-16H,17H2;/q-1;+1. The minimum Gasteiger partial charge on any atom is -0.656 e. The smallest absolute Gasteiger partial charge is 0.656 e. The number of para-hydroxylation sites is 1. The molecule has 0 aliphatic rings. The van der Waals surface area contributed by atoms with Crippen LogP contribution in [-0.2, 0) is 23.5 Å². The Labute approximate surface area is 180 Å². The average Bonchev–Trinajstić information content (AvgIpc) is 3.19. The monoisotopic (exact) mass is 423 g/mol. The molecule has 0 aliphatic carbocycles. The molecule has 4 heteroatoms. The van der Waals surface area contributed by atoms with E-state index < -0.39 is 0 Å². The van der Waals surface area contributed by atoms with Crippen LogP contribution in [0.1, 0.15) is 11.4 Å². The largest absolute Gasteiger partial charge is 1.00 e. The zero-order valence-electron chi connectivity index (χ0n) is 15.6. The van der Waals surface area contributed by atoms with E-state index in [-0.39, 0.29) is 17.1 Å². The van der Waals surface area contributed by atoms with Crippen molar-refractivity contribution in [2.75, 3.05) is 0 Å². The van der Waals surface area contributed by atoms with E-state index in [9.17, 15) is 0 Å². The number of hydrogen-bond donors (Lipinski definition) is 0. The van der Waals surface area contributed by atoms with Gasteiger partial charge >= 0.3 is 17.1 Å². The van der Waals surface area contributed by atoms with Crippen molar-refractivity contribution in [3.8, 4) is 22.6 Å². The molecule has 0 saturated heterocycles. The first kappa shape index (κ1) is 19.1. The summed E-state index contributed by atoms with van der Waals surface area (Å²) in [6.07, 6.45) is 0.689. The third kappa shape index (κ3) is 4.14. The van der Waals surface area contributed by atoms with Gasteiger partial charge in [-0.05, 0) is 29.7 Å². The minimum absolute atomic E-state index is 0. The summed E-state index contributed by atoms with van der Waals surface area (Å²) >= 11 is 0. The number of pyridine rings is 2. The Morgan fingerprint density at radius 3 is 2.03 bits per heavy atom. The summed E-state index contributed by atoms with van der Waals surface area (Å²) in [5, 5.41) is 1.14. The summed E-state index contributed by atoms with van der Waals surface area (Å²) in [6.45, 7) is 0. The summed E-state index contributed by atoms with van der Waals surface area (Å²) in [7, 11) is 0. The van der Waals surface area contributed by atoms with E-state index in [4.69, 9.17) is 15.0 Å². The van der Waals surface area contributed by atoms with Crippen molar-refractivity contribution >= 4 is 10.9 Å². The zero-order chi connectivity index (χ0) is 18.8. The number of aromatic nitrogens is 3. The van der Waals surface area contributed by atoms with E-state index in [1.165, 1.54) is 0 Å². The van der Waals surface area contributed by atoms with Gasteiger partial charge < -0.3 is 4.98 Å². The Bertz CT molecular complexity index is 1210. The molecule has 3 nitrogen and oxygen atoms in total. The van der Waals surface area contributed by atoms with Crippen LogP contribution in [0.4, 0.5) is 0 Å². The van der Waals surface area contributed by atoms with Crippen molar-refractivity contribution in [1.82, 2.24) is 15.0 Å². The second kappa shape index (κ2) is 8.44. The molecule has 0 unspecified atom stereocenters. The summed E-state index contributed by atoms with van der Waals surface area (Å²) in [6, 6.07) is 32.7. The van der Waals surface area contributed by atoms with Crippen LogP contribution in [0.5, 0.6) is 0 Å². The van der Waals surface area contributed by atoms with Crippen molar-refractivity contribution in [3.05, 3.63) is 108 Å². The van der Waals surface area contributed by atoms with E-state index >= 15 is 0 Å². The molecule has 144 valence electrons. The van der Waals surface area contributed by atoms with E-state index in [2.05, 4.69) is 36.4 Å². The van der Waals surface area contributed by atoms with Crippen molar-refractivity contribution in [3.63, 3.8) is 0 Å². The molecule has 0 bridgehead atoms. The van der Waals surface area contributed by atoms with Crippen LogP contribution in [0, 0.1) is 0 Å². The fourth-order valence-corrected chi connectivity index (χ4v) is 3.41. The summed E-state index contributed by atoms with van der Waals surface area (Å²) < 4.78 is 0. The Balaban J connectivity index is 0.00000205.